The third kappa shape index (κ3) is 4.27. The molecule has 0 spiro atoms. The average molecular weight is 431 g/mol. The van der Waals surface area contributed by atoms with Crippen molar-refractivity contribution < 1.29 is 24.1 Å². The number of ether oxygens (including phenoxy) is 3. The number of hydrogen-bond donors (Lipinski definition) is 1. The lowest BCUT2D eigenvalue weighted by atomic mass is 9.91. The van der Waals surface area contributed by atoms with Crippen LogP contribution in [0.15, 0.2) is 72.8 Å². The summed E-state index contributed by atoms with van der Waals surface area (Å²) in [6.45, 7) is 1.54. The van der Waals surface area contributed by atoms with Crippen LogP contribution in [0, 0.1) is 5.92 Å². The molecule has 0 radical (unpaired) electrons. The monoisotopic (exact) mass is 431 g/mol. The quantitative estimate of drug-likeness (QED) is 0.586. The van der Waals surface area contributed by atoms with Crippen LogP contribution in [0.5, 0.6) is 23.0 Å². The molecule has 0 aromatic heterocycles. The Morgan fingerprint density at radius 3 is 2.56 bits per heavy atom. The van der Waals surface area contributed by atoms with Crippen LogP contribution < -0.4 is 14.2 Å². The topological polar surface area (TPSA) is 68.2 Å². The number of para-hydroxylation sites is 1. The van der Waals surface area contributed by atoms with Crippen LogP contribution in [0.1, 0.15) is 30.0 Å². The Kier molecular flexibility index (Phi) is 5.69. The summed E-state index contributed by atoms with van der Waals surface area (Å²) in [5.41, 5.74) is 2.08. The number of likely N-dealkylation sites (tertiary alicyclic amines) is 1. The summed E-state index contributed by atoms with van der Waals surface area (Å²) >= 11 is 0. The smallest absolute Gasteiger partial charge is 0.307 e. The van der Waals surface area contributed by atoms with Gasteiger partial charge in [0, 0.05) is 6.54 Å². The predicted octanol–water partition coefficient (Wildman–Crippen LogP) is 5.09. The molecule has 3 aromatic rings. The summed E-state index contributed by atoms with van der Waals surface area (Å²) in [5, 5.41) is 9.63. The predicted molar refractivity (Wildman–Crippen MR) is 119 cm³/mol. The standard InChI is InChI=1S/C26H25NO5/c28-26(29)20-7-5-13-27(16-20)25(19-11-12-23-24(15-19)31-17-30-23)18-6-4-10-22(14-18)32-21-8-2-1-3-9-21/h1-4,6,8-12,14-15,20,25H,5,7,13,16-17H2,(H,28,29). The second-order valence-corrected chi connectivity index (χ2v) is 8.18. The zero-order chi connectivity index (χ0) is 21.9. The molecule has 164 valence electrons. The Morgan fingerprint density at radius 1 is 0.938 bits per heavy atom. The van der Waals surface area contributed by atoms with Gasteiger partial charge in [-0.2, -0.15) is 0 Å². The van der Waals surface area contributed by atoms with Gasteiger partial charge in [-0.05, 0) is 66.9 Å². The lowest BCUT2D eigenvalue weighted by molar-refractivity contribution is -0.143. The van der Waals surface area contributed by atoms with Crippen molar-refractivity contribution in [1.29, 1.82) is 0 Å². The van der Waals surface area contributed by atoms with Gasteiger partial charge in [-0.15, -0.1) is 0 Å². The van der Waals surface area contributed by atoms with Gasteiger partial charge in [0.1, 0.15) is 11.5 Å². The van der Waals surface area contributed by atoms with Crippen molar-refractivity contribution in [2.24, 2.45) is 5.92 Å². The molecule has 2 aliphatic heterocycles. The number of carbonyl (C=O) groups is 1. The Hall–Kier alpha value is -3.51. The van der Waals surface area contributed by atoms with Crippen molar-refractivity contribution in [2.75, 3.05) is 19.9 Å². The highest BCUT2D eigenvalue weighted by Gasteiger charge is 2.32. The van der Waals surface area contributed by atoms with E-state index < -0.39 is 5.97 Å². The van der Waals surface area contributed by atoms with Gasteiger partial charge >= 0.3 is 5.97 Å². The number of carboxylic acid groups (broad SMARTS) is 1. The highest BCUT2D eigenvalue weighted by atomic mass is 16.7. The Morgan fingerprint density at radius 2 is 1.72 bits per heavy atom. The number of benzene rings is 3. The Balaban J connectivity index is 1.51. The fourth-order valence-corrected chi connectivity index (χ4v) is 4.51. The first-order chi connectivity index (χ1) is 15.7. The van der Waals surface area contributed by atoms with Crippen LogP contribution in [0.2, 0.25) is 0 Å². The van der Waals surface area contributed by atoms with Gasteiger partial charge in [0.05, 0.1) is 12.0 Å². The number of piperidine rings is 1. The largest absolute Gasteiger partial charge is 0.481 e. The summed E-state index contributed by atoms with van der Waals surface area (Å²) in [6.07, 6.45) is 1.55. The first kappa shape index (κ1) is 20.4. The van der Waals surface area contributed by atoms with E-state index in [9.17, 15) is 9.90 Å². The number of hydrogen-bond acceptors (Lipinski definition) is 5. The van der Waals surface area contributed by atoms with E-state index in [-0.39, 0.29) is 18.8 Å². The molecule has 6 nitrogen and oxygen atoms in total. The van der Waals surface area contributed by atoms with E-state index in [4.69, 9.17) is 14.2 Å². The Labute approximate surface area is 187 Å². The molecule has 1 fully saturated rings. The first-order valence-electron chi connectivity index (χ1n) is 10.9. The van der Waals surface area contributed by atoms with Crippen LogP contribution in [-0.4, -0.2) is 35.9 Å². The molecule has 6 heteroatoms. The van der Waals surface area contributed by atoms with E-state index in [0.717, 1.165) is 47.1 Å². The molecule has 0 saturated carbocycles. The Bertz CT molecular complexity index is 1100. The fraction of sp³-hybridized carbons (Fsp3) is 0.269. The molecule has 2 aliphatic rings. The summed E-state index contributed by atoms with van der Waals surface area (Å²) in [7, 11) is 0. The maximum Gasteiger partial charge on any atom is 0.307 e. The molecular formula is C26H25NO5. The van der Waals surface area contributed by atoms with Gasteiger partial charge in [0.2, 0.25) is 6.79 Å². The fourth-order valence-electron chi connectivity index (χ4n) is 4.51. The van der Waals surface area contributed by atoms with Crippen molar-refractivity contribution in [3.05, 3.63) is 83.9 Å². The molecule has 1 N–H and O–H groups in total. The summed E-state index contributed by atoms with van der Waals surface area (Å²) < 4.78 is 17.2. The van der Waals surface area contributed by atoms with E-state index >= 15 is 0 Å². The van der Waals surface area contributed by atoms with Gasteiger partial charge in [-0.1, -0.05) is 36.4 Å². The van der Waals surface area contributed by atoms with Crippen LogP contribution in [-0.2, 0) is 4.79 Å². The van der Waals surface area contributed by atoms with E-state index in [1.807, 2.05) is 66.7 Å². The lowest BCUT2D eigenvalue weighted by Crippen LogP contribution is -2.41. The molecule has 1 saturated heterocycles. The van der Waals surface area contributed by atoms with E-state index in [1.54, 1.807) is 0 Å². The second kappa shape index (κ2) is 8.93. The lowest BCUT2D eigenvalue weighted by Gasteiger charge is -2.37. The van der Waals surface area contributed by atoms with Gasteiger partial charge in [0.25, 0.3) is 0 Å². The molecule has 2 unspecified atom stereocenters. The van der Waals surface area contributed by atoms with Crippen LogP contribution in [0.3, 0.4) is 0 Å². The zero-order valence-electron chi connectivity index (χ0n) is 17.6. The molecule has 0 amide bonds. The minimum absolute atomic E-state index is 0.119. The number of fused-ring (bicyclic) bond motifs is 1. The molecular weight excluding hydrogens is 406 g/mol. The van der Waals surface area contributed by atoms with Gasteiger partial charge in [0.15, 0.2) is 11.5 Å². The third-order valence-electron chi connectivity index (χ3n) is 6.03. The molecule has 2 atom stereocenters. The minimum atomic E-state index is -0.736. The second-order valence-electron chi connectivity index (χ2n) is 8.18. The molecule has 0 bridgehead atoms. The van der Waals surface area contributed by atoms with Crippen LogP contribution in [0.25, 0.3) is 0 Å². The summed E-state index contributed by atoms with van der Waals surface area (Å²) in [6, 6.07) is 23.5. The SMILES string of the molecule is O=C(O)C1CCCN(C(c2cccc(Oc3ccccc3)c2)c2ccc3c(c2)OCO3)C1. The maximum atomic E-state index is 11.7. The van der Waals surface area contributed by atoms with Crippen molar-refractivity contribution in [3.8, 4) is 23.0 Å². The molecule has 2 heterocycles. The zero-order valence-corrected chi connectivity index (χ0v) is 17.6. The molecule has 0 aliphatic carbocycles. The van der Waals surface area contributed by atoms with Crippen molar-refractivity contribution >= 4 is 5.97 Å². The van der Waals surface area contributed by atoms with E-state index in [2.05, 4.69) is 11.0 Å². The normalized spacial score (nSPS) is 18.8. The van der Waals surface area contributed by atoms with Crippen LogP contribution >= 0.6 is 0 Å². The van der Waals surface area contributed by atoms with Crippen LogP contribution in [0.4, 0.5) is 0 Å². The third-order valence-corrected chi connectivity index (χ3v) is 6.03. The van der Waals surface area contributed by atoms with Crippen molar-refractivity contribution in [1.82, 2.24) is 4.90 Å². The highest BCUT2D eigenvalue weighted by molar-refractivity contribution is 5.70. The summed E-state index contributed by atoms with van der Waals surface area (Å²) in [4.78, 5) is 14.0. The number of aliphatic carboxylic acids is 1. The first-order valence-corrected chi connectivity index (χ1v) is 10.9. The van der Waals surface area contributed by atoms with Gasteiger partial charge < -0.3 is 19.3 Å². The van der Waals surface area contributed by atoms with Gasteiger partial charge in [-0.25, -0.2) is 0 Å². The number of carboxylic acids is 1. The molecule has 3 aromatic carbocycles. The number of nitrogens with zero attached hydrogens (tertiary/aromatic N) is 1. The van der Waals surface area contributed by atoms with Crippen molar-refractivity contribution in [2.45, 2.75) is 18.9 Å². The van der Waals surface area contributed by atoms with Crippen molar-refractivity contribution in [3.63, 3.8) is 0 Å². The average Bonchev–Trinajstić information content (AvgIpc) is 3.29. The maximum absolute atomic E-state index is 11.7. The number of rotatable bonds is 6. The van der Waals surface area contributed by atoms with Gasteiger partial charge in [-0.3, -0.25) is 9.69 Å². The summed E-state index contributed by atoms with van der Waals surface area (Å²) in [5.74, 6) is 1.86. The minimum Gasteiger partial charge on any atom is -0.481 e. The van der Waals surface area contributed by atoms with E-state index in [0.29, 0.717) is 13.0 Å². The highest BCUT2D eigenvalue weighted by Crippen LogP contribution is 2.40. The molecule has 32 heavy (non-hydrogen) atoms. The molecule has 5 rings (SSSR count). The van der Waals surface area contributed by atoms with E-state index in [1.165, 1.54) is 0 Å².